The van der Waals surface area contributed by atoms with E-state index in [1.54, 1.807) is 11.2 Å². The van der Waals surface area contributed by atoms with Crippen molar-refractivity contribution in [3.8, 4) is 0 Å². The Labute approximate surface area is 127 Å². The Bertz CT molecular complexity index is 631. The molecule has 0 radical (unpaired) electrons. The summed E-state index contributed by atoms with van der Waals surface area (Å²) in [7, 11) is 0. The Morgan fingerprint density at radius 3 is 2.68 bits per heavy atom. The molecule has 7 nitrogen and oxygen atoms in total. The number of amides is 4. The van der Waals surface area contributed by atoms with Crippen molar-refractivity contribution in [3.63, 3.8) is 0 Å². The van der Waals surface area contributed by atoms with Gasteiger partial charge >= 0.3 is 6.03 Å². The number of imide groups is 1. The molecule has 3 heterocycles. The average molecular weight is 303 g/mol. The number of hydrogen-bond acceptors (Lipinski definition) is 4. The van der Waals surface area contributed by atoms with Crippen LogP contribution in [-0.2, 0) is 9.59 Å². The molecule has 2 saturated heterocycles. The topological polar surface area (TPSA) is 91.7 Å². The van der Waals surface area contributed by atoms with E-state index in [9.17, 15) is 14.4 Å². The second-order valence-corrected chi connectivity index (χ2v) is 6.28. The van der Waals surface area contributed by atoms with E-state index in [4.69, 9.17) is 4.42 Å². The van der Waals surface area contributed by atoms with E-state index in [1.807, 2.05) is 12.1 Å². The Balaban J connectivity index is 1.37. The normalized spacial score (nSPS) is 29.4. The SMILES string of the molecule is O=C1NC(=O)C2(CCN(C(=O)C3CC3c3ccco3)CC2)N1. The van der Waals surface area contributed by atoms with Gasteiger partial charge in [-0.15, -0.1) is 0 Å². The van der Waals surface area contributed by atoms with E-state index >= 15 is 0 Å². The highest BCUT2D eigenvalue weighted by molar-refractivity contribution is 6.07. The zero-order chi connectivity index (χ0) is 15.3. The number of nitrogens with zero attached hydrogens (tertiary/aromatic N) is 1. The van der Waals surface area contributed by atoms with Crippen LogP contribution in [0.15, 0.2) is 22.8 Å². The van der Waals surface area contributed by atoms with Crippen LogP contribution in [0.3, 0.4) is 0 Å². The number of piperidine rings is 1. The molecule has 4 amide bonds. The van der Waals surface area contributed by atoms with E-state index in [1.165, 1.54) is 0 Å². The fourth-order valence-corrected chi connectivity index (χ4v) is 3.51. The molecular formula is C15H17N3O4. The van der Waals surface area contributed by atoms with Gasteiger partial charge in [0.15, 0.2) is 0 Å². The summed E-state index contributed by atoms with van der Waals surface area (Å²) in [4.78, 5) is 37.5. The molecule has 1 aromatic rings. The first-order valence-electron chi connectivity index (χ1n) is 7.55. The fraction of sp³-hybridized carbons (Fsp3) is 0.533. The Hall–Kier alpha value is -2.31. The van der Waals surface area contributed by atoms with Crippen molar-refractivity contribution in [3.05, 3.63) is 24.2 Å². The van der Waals surface area contributed by atoms with Crippen molar-refractivity contribution in [2.75, 3.05) is 13.1 Å². The number of carbonyl (C=O) groups is 3. The van der Waals surface area contributed by atoms with Crippen molar-refractivity contribution < 1.29 is 18.8 Å². The molecular weight excluding hydrogens is 286 g/mol. The van der Waals surface area contributed by atoms with Crippen LogP contribution in [0.4, 0.5) is 4.79 Å². The second-order valence-electron chi connectivity index (χ2n) is 6.28. The van der Waals surface area contributed by atoms with E-state index in [2.05, 4.69) is 10.6 Å². The summed E-state index contributed by atoms with van der Waals surface area (Å²) < 4.78 is 5.36. The van der Waals surface area contributed by atoms with Gasteiger partial charge in [-0.05, 0) is 31.4 Å². The number of hydrogen-bond donors (Lipinski definition) is 2. The van der Waals surface area contributed by atoms with Crippen LogP contribution >= 0.6 is 0 Å². The van der Waals surface area contributed by atoms with E-state index in [0.717, 1.165) is 12.2 Å². The minimum Gasteiger partial charge on any atom is -0.469 e. The standard InChI is InChI=1S/C15H17N3O4/c19-12(10-8-9(10)11-2-1-7-22-11)18-5-3-15(4-6-18)13(20)16-14(21)17-15/h1-2,7,9-10H,3-6,8H2,(H2,16,17,20,21). The average Bonchev–Trinajstić information content (AvgIpc) is 3.01. The van der Waals surface area contributed by atoms with E-state index in [0.29, 0.717) is 25.9 Å². The monoisotopic (exact) mass is 303 g/mol. The predicted octanol–water partition coefficient (Wildman–Crippen LogP) is 0.584. The molecule has 7 heteroatoms. The Morgan fingerprint density at radius 1 is 1.32 bits per heavy atom. The molecule has 2 unspecified atom stereocenters. The van der Waals surface area contributed by atoms with Gasteiger partial charge in [-0.1, -0.05) is 0 Å². The summed E-state index contributed by atoms with van der Waals surface area (Å²) >= 11 is 0. The lowest BCUT2D eigenvalue weighted by molar-refractivity contribution is -0.137. The maximum absolute atomic E-state index is 12.5. The molecule has 3 fully saturated rings. The van der Waals surface area contributed by atoms with Crippen LogP contribution < -0.4 is 10.6 Å². The maximum Gasteiger partial charge on any atom is 0.322 e. The van der Waals surface area contributed by atoms with Gasteiger partial charge in [0.2, 0.25) is 5.91 Å². The van der Waals surface area contributed by atoms with Crippen LogP contribution in [0, 0.1) is 5.92 Å². The molecule has 2 N–H and O–H groups in total. The molecule has 1 spiro atoms. The van der Waals surface area contributed by atoms with Crippen molar-refractivity contribution >= 4 is 17.8 Å². The molecule has 22 heavy (non-hydrogen) atoms. The second kappa shape index (κ2) is 4.59. The molecule has 116 valence electrons. The number of furan rings is 1. The quantitative estimate of drug-likeness (QED) is 0.782. The van der Waals surface area contributed by atoms with Crippen molar-refractivity contribution in [2.24, 2.45) is 5.92 Å². The molecule has 1 aromatic heterocycles. The Morgan fingerprint density at radius 2 is 2.09 bits per heavy atom. The zero-order valence-corrected chi connectivity index (χ0v) is 12.0. The first kappa shape index (κ1) is 13.4. The van der Waals surface area contributed by atoms with Crippen LogP contribution in [0.2, 0.25) is 0 Å². The van der Waals surface area contributed by atoms with Gasteiger partial charge in [-0.25, -0.2) is 4.79 Å². The first-order chi connectivity index (χ1) is 10.6. The molecule has 2 aliphatic heterocycles. The maximum atomic E-state index is 12.5. The van der Waals surface area contributed by atoms with Crippen molar-refractivity contribution in [1.29, 1.82) is 0 Å². The van der Waals surface area contributed by atoms with Gasteiger partial charge < -0.3 is 14.6 Å². The molecule has 4 rings (SSSR count). The van der Waals surface area contributed by atoms with Crippen molar-refractivity contribution in [1.82, 2.24) is 15.5 Å². The first-order valence-corrected chi connectivity index (χ1v) is 7.55. The smallest absolute Gasteiger partial charge is 0.322 e. The molecule has 1 saturated carbocycles. The van der Waals surface area contributed by atoms with Crippen LogP contribution in [0.1, 0.15) is 30.9 Å². The highest BCUT2D eigenvalue weighted by Gasteiger charge is 2.51. The molecule has 2 atom stereocenters. The summed E-state index contributed by atoms with van der Waals surface area (Å²) in [5, 5.41) is 4.98. The van der Waals surface area contributed by atoms with Crippen LogP contribution in [0.5, 0.6) is 0 Å². The van der Waals surface area contributed by atoms with E-state index < -0.39 is 11.6 Å². The molecule has 0 bridgehead atoms. The molecule has 3 aliphatic rings. The van der Waals surface area contributed by atoms with Crippen molar-refractivity contribution in [2.45, 2.75) is 30.7 Å². The third kappa shape index (κ3) is 2.00. The highest BCUT2D eigenvalue weighted by atomic mass is 16.3. The highest BCUT2D eigenvalue weighted by Crippen LogP contribution is 2.49. The number of urea groups is 1. The molecule has 1 aliphatic carbocycles. The van der Waals surface area contributed by atoms with Gasteiger partial charge in [0.1, 0.15) is 11.3 Å². The van der Waals surface area contributed by atoms with Gasteiger partial charge in [-0.3, -0.25) is 14.9 Å². The summed E-state index contributed by atoms with van der Waals surface area (Å²) in [6, 6.07) is 3.30. The lowest BCUT2D eigenvalue weighted by Crippen LogP contribution is -2.56. The van der Waals surface area contributed by atoms with Crippen LogP contribution in [-0.4, -0.2) is 41.4 Å². The van der Waals surface area contributed by atoms with E-state index in [-0.39, 0.29) is 23.7 Å². The summed E-state index contributed by atoms with van der Waals surface area (Å²) in [6.07, 6.45) is 3.38. The largest absolute Gasteiger partial charge is 0.469 e. The summed E-state index contributed by atoms with van der Waals surface area (Å²) in [5.74, 6) is 0.903. The Kier molecular flexibility index (Phi) is 2.79. The summed E-state index contributed by atoms with van der Waals surface area (Å²) in [6.45, 7) is 0.988. The minimum absolute atomic E-state index is 0.00723. The molecule has 0 aromatic carbocycles. The third-order valence-corrected chi connectivity index (χ3v) is 4.96. The van der Waals surface area contributed by atoms with Crippen LogP contribution in [0.25, 0.3) is 0 Å². The van der Waals surface area contributed by atoms with Gasteiger partial charge in [0.05, 0.1) is 6.26 Å². The number of rotatable bonds is 2. The third-order valence-electron chi connectivity index (χ3n) is 4.96. The van der Waals surface area contributed by atoms with Gasteiger partial charge in [0.25, 0.3) is 5.91 Å². The van der Waals surface area contributed by atoms with Gasteiger partial charge in [-0.2, -0.15) is 0 Å². The lowest BCUT2D eigenvalue weighted by Gasteiger charge is -2.37. The predicted molar refractivity (Wildman–Crippen MR) is 74.8 cm³/mol. The number of nitrogens with one attached hydrogen (secondary N) is 2. The fourth-order valence-electron chi connectivity index (χ4n) is 3.51. The van der Waals surface area contributed by atoms with Gasteiger partial charge in [0, 0.05) is 24.9 Å². The number of carbonyl (C=O) groups excluding carboxylic acids is 3. The zero-order valence-electron chi connectivity index (χ0n) is 12.0. The number of likely N-dealkylation sites (tertiary alicyclic amines) is 1. The summed E-state index contributed by atoms with van der Waals surface area (Å²) in [5.41, 5.74) is -0.822. The minimum atomic E-state index is -0.822. The lowest BCUT2D eigenvalue weighted by atomic mass is 9.87.